The molecule has 0 spiro atoms. The molecule has 1 aromatic rings. The van der Waals surface area contributed by atoms with Crippen LogP contribution in [0.25, 0.3) is 0 Å². The Labute approximate surface area is 198 Å². The van der Waals surface area contributed by atoms with E-state index < -0.39 is 10.0 Å². The summed E-state index contributed by atoms with van der Waals surface area (Å²) < 4.78 is 32.9. The number of halogens is 1. The molecule has 9 heteroatoms. The maximum atomic E-state index is 12.7. The van der Waals surface area contributed by atoms with Gasteiger partial charge in [0.1, 0.15) is 0 Å². The lowest BCUT2D eigenvalue weighted by Crippen LogP contribution is -2.42. The zero-order valence-corrected chi connectivity index (χ0v) is 21.0. The SMILES string of the molecule is CN=C(NCCCOC1CCCCC1)NCCS(=O)(=O)N1CCc2ccccc21.I. The molecule has 0 unspecified atom stereocenters. The number of rotatable bonds is 9. The second-order valence-corrected chi connectivity index (χ2v) is 9.69. The number of aliphatic imine (C=N–C) groups is 1. The van der Waals surface area contributed by atoms with Crippen LogP contribution < -0.4 is 14.9 Å². The van der Waals surface area contributed by atoms with Crippen molar-refractivity contribution in [2.75, 3.05) is 43.3 Å². The minimum atomic E-state index is -3.35. The summed E-state index contributed by atoms with van der Waals surface area (Å²) >= 11 is 0. The van der Waals surface area contributed by atoms with E-state index in [1.807, 2.05) is 24.3 Å². The normalized spacial score (nSPS) is 17.4. The van der Waals surface area contributed by atoms with Gasteiger partial charge in [0.05, 0.1) is 17.5 Å². The van der Waals surface area contributed by atoms with Crippen molar-refractivity contribution in [2.45, 2.75) is 51.0 Å². The van der Waals surface area contributed by atoms with E-state index in [-0.39, 0.29) is 29.7 Å². The number of nitrogens with zero attached hydrogens (tertiary/aromatic N) is 2. The van der Waals surface area contributed by atoms with E-state index >= 15 is 0 Å². The van der Waals surface area contributed by atoms with Gasteiger partial charge in [0.2, 0.25) is 10.0 Å². The number of ether oxygens (including phenoxy) is 1. The molecule has 1 aliphatic carbocycles. The molecule has 0 bridgehead atoms. The van der Waals surface area contributed by atoms with Crippen LogP contribution in [0.2, 0.25) is 0 Å². The van der Waals surface area contributed by atoms with Gasteiger partial charge in [-0.3, -0.25) is 9.30 Å². The van der Waals surface area contributed by atoms with Crippen LogP contribution in [0.15, 0.2) is 29.3 Å². The highest BCUT2D eigenvalue weighted by molar-refractivity contribution is 14.0. The molecule has 1 saturated carbocycles. The highest BCUT2D eigenvalue weighted by Crippen LogP contribution is 2.29. The van der Waals surface area contributed by atoms with Crippen LogP contribution in [0.3, 0.4) is 0 Å². The van der Waals surface area contributed by atoms with Gasteiger partial charge in [-0.15, -0.1) is 24.0 Å². The summed E-state index contributed by atoms with van der Waals surface area (Å²) in [4.78, 5) is 4.17. The van der Waals surface area contributed by atoms with E-state index in [9.17, 15) is 8.42 Å². The van der Waals surface area contributed by atoms with E-state index in [0.717, 1.165) is 37.2 Å². The van der Waals surface area contributed by atoms with E-state index in [1.165, 1.54) is 36.4 Å². The molecule has 0 aromatic heterocycles. The third-order valence-electron chi connectivity index (χ3n) is 5.58. The fraction of sp³-hybridized carbons (Fsp3) is 0.667. The zero-order valence-electron chi connectivity index (χ0n) is 17.8. The minimum absolute atomic E-state index is 0. The molecule has 0 saturated heterocycles. The first-order valence-electron chi connectivity index (χ1n) is 10.7. The van der Waals surface area contributed by atoms with Crippen molar-refractivity contribution in [3.63, 3.8) is 0 Å². The topological polar surface area (TPSA) is 83.0 Å². The molecule has 2 aliphatic rings. The molecular formula is C21H35IN4O3S. The molecular weight excluding hydrogens is 515 g/mol. The molecule has 2 N–H and O–H groups in total. The third kappa shape index (κ3) is 7.26. The molecule has 0 amide bonds. The van der Waals surface area contributed by atoms with Crippen molar-refractivity contribution in [1.82, 2.24) is 10.6 Å². The number of guanidine groups is 1. The number of fused-ring (bicyclic) bond motifs is 1. The van der Waals surface area contributed by atoms with Crippen LogP contribution in [0, 0.1) is 0 Å². The summed E-state index contributed by atoms with van der Waals surface area (Å²) in [5.41, 5.74) is 1.91. The Kier molecular flexibility index (Phi) is 10.7. The van der Waals surface area contributed by atoms with Gasteiger partial charge >= 0.3 is 0 Å². The summed E-state index contributed by atoms with van der Waals surface area (Å²) in [5.74, 6) is 0.659. The summed E-state index contributed by atoms with van der Waals surface area (Å²) in [6.45, 7) is 2.34. The number of hydrogen-bond donors (Lipinski definition) is 2. The molecule has 30 heavy (non-hydrogen) atoms. The zero-order chi connectivity index (χ0) is 20.5. The summed E-state index contributed by atoms with van der Waals surface area (Å²) in [6, 6.07) is 7.71. The van der Waals surface area contributed by atoms with Gasteiger partial charge in [-0.25, -0.2) is 8.42 Å². The van der Waals surface area contributed by atoms with Crippen molar-refractivity contribution >= 4 is 45.6 Å². The molecule has 1 aliphatic heterocycles. The van der Waals surface area contributed by atoms with Crippen LogP contribution in [0.5, 0.6) is 0 Å². The number of sulfonamides is 1. The molecule has 1 fully saturated rings. The van der Waals surface area contributed by atoms with Crippen LogP contribution in [-0.4, -0.2) is 59.5 Å². The Morgan fingerprint density at radius 1 is 1.17 bits per heavy atom. The Morgan fingerprint density at radius 2 is 1.90 bits per heavy atom. The number of nitrogens with one attached hydrogen (secondary N) is 2. The Morgan fingerprint density at radius 3 is 2.67 bits per heavy atom. The van der Waals surface area contributed by atoms with Gasteiger partial charge < -0.3 is 15.4 Å². The van der Waals surface area contributed by atoms with Crippen LogP contribution in [-0.2, 0) is 21.2 Å². The largest absolute Gasteiger partial charge is 0.378 e. The van der Waals surface area contributed by atoms with Gasteiger partial charge in [0.25, 0.3) is 0 Å². The summed E-state index contributed by atoms with van der Waals surface area (Å²) in [5, 5.41) is 6.33. The van der Waals surface area contributed by atoms with E-state index in [2.05, 4.69) is 15.6 Å². The number of hydrogen-bond acceptors (Lipinski definition) is 4. The first-order chi connectivity index (χ1) is 14.1. The summed E-state index contributed by atoms with van der Waals surface area (Å²) in [7, 11) is -1.66. The van der Waals surface area contributed by atoms with E-state index in [4.69, 9.17) is 4.74 Å². The Balaban J connectivity index is 0.00000320. The molecule has 3 rings (SSSR count). The second-order valence-electron chi connectivity index (χ2n) is 7.68. The van der Waals surface area contributed by atoms with Crippen molar-refractivity contribution in [1.29, 1.82) is 0 Å². The Hall–Kier alpha value is -1.07. The molecule has 0 atom stereocenters. The standard InChI is InChI=1S/C21H34N4O3S.HI/c1-22-21(23-13-7-16-28-19-9-3-2-4-10-19)24-14-17-29(26,27)25-15-12-18-8-5-6-11-20(18)25;/h5-6,8,11,19H,2-4,7,9-10,12-17H2,1H3,(H2,22,23,24);1H. The van der Waals surface area contributed by atoms with Gasteiger partial charge in [-0.2, -0.15) is 0 Å². The molecule has 1 heterocycles. The maximum Gasteiger partial charge on any atom is 0.236 e. The van der Waals surface area contributed by atoms with E-state index in [0.29, 0.717) is 25.2 Å². The number of para-hydroxylation sites is 1. The van der Waals surface area contributed by atoms with Crippen molar-refractivity contribution in [3.05, 3.63) is 29.8 Å². The fourth-order valence-corrected chi connectivity index (χ4v) is 5.41. The summed E-state index contributed by atoms with van der Waals surface area (Å²) in [6.07, 6.45) is 8.39. The highest BCUT2D eigenvalue weighted by Gasteiger charge is 2.28. The van der Waals surface area contributed by atoms with Crippen molar-refractivity contribution in [3.8, 4) is 0 Å². The van der Waals surface area contributed by atoms with E-state index in [1.54, 1.807) is 7.05 Å². The molecule has 170 valence electrons. The van der Waals surface area contributed by atoms with Crippen LogP contribution in [0.1, 0.15) is 44.1 Å². The van der Waals surface area contributed by atoms with Gasteiger partial charge in [0, 0.05) is 33.3 Å². The number of benzene rings is 1. The predicted molar refractivity (Wildman–Crippen MR) is 134 cm³/mol. The number of anilines is 1. The average molecular weight is 551 g/mol. The lowest BCUT2D eigenvalue weighted by atomic mass is 9.98. The van der Waals surface area contributed by atoms with Crippen LogP contribution >= 0.6 is 24.0 Å². The fourth-order valence-electron chi connectivity index (χ4n) is 3.99. The maximum absolute atomic E-state index is 12.7. The second kappa shape index (κ2) is 12.7. The van der Waals surface area contributed by atoms with Gasteiger partial charge in [-0.05, 0) is 37.3 Å². The van der Waals surface area contributed by atoms with Gasteiger partial charge in [0.15, 0.2) is 5.96 Å². The van der Waals surface area contributed by atoms with Crippen molar-refractivity contribution < 1.29 is 13.2 Å². The predicted octanol–water partition coefficient (Wildman–Crippen LogP) is 2.90. The van der Waals surface area contributed by atoms with Gasteiger partial charge in [-0.1, -0.05) is 37.5 Å². The van der Waals surface area contributed by atoms with Crippen LogP contribution in [0.4, 0.5) is 5.69 Å². The lowest BCUT2D eigenvalue weighted by molar-refractivity contribution is 0.0277. The third-order valence-corrected chi connectivity index (χ3v) is 7.35. The first-order valence-corrected chi connectivity index (χ1v) is 12.4. The minimum Gasteiger partial charge on any atom is -0.378 e. The molecule has 7 nitrogen and oxygen atoms in total. The highest BCUT2D eigenvalue weighted by atomic mass is 127. The first kappa shape index (κ1) is 25.2. The average Bonchev–Trinajstić information content (AvgIpc) is 3.18. The monoisotopic (exact) mass is 550 g/mol. The molecule has 1 aromatic carbocycles. The van der Waals surface area contributed by atoms with Crippen molar-refractivity contribution in [2.24, 2.45) is 4.99 Å². The quantitative estimate of drug-likeness (QED) is 0.214. The Bertz CT molecular complexity index is 782. The smallest absolute Gasteiger partial charge is 0.236 e. The molecule has 0 radical (unpaired) electrons. The lowest BCUT2D eigenvalue weighted by Gasteiger charge is -2.22.